The zero-order valence-electron chi connectivity index (χ0n) is 23.6. The summed E-state index contributed by atoms with van der Waals surface area (Å²) in [5.74, 6) is -0.787. The van der Waals surface area contributed by atoms with Crippen molar-refractivity contribution in [3.05, 3.63) is 113 Å². The number of hydrogen-bond acceptors (Lipinski definition) is 8. The predicted molar refractivity (Wildman–Crippen MR) is 155 cm³/mol. The smallest absolute Gasteiger partial charge is 0.337 e. The van der Waals surface area contributed by atoms with Crippen molar-refractivity contribution in [2.24, 2.45) is 0 Å². The second-order valence-corrected chi connectivity index (χ2v) is 10.6. The second kappa shape index (κ2) is 11.8. The van der Waals surface area contributed by atoms with Crippen LogP contribution in [0, 0.1) is 23.0 Å². The van der Waals surface area contributed by atoms with Gasteiger partial charge in [-0.25, -0.2) is 23.5 Å². The maximum Gasteiger partial charge on any atom is 0.337 e. The Hall–Kier alpha value is -5.18. The number of fused-ring (bicyclic) bond motifs is 1. The number of esters is 1. The number of halogens is 2. The zero-order chi connectivity index (χ0) is 30.8. The van der Waals surface area contributed by atoms with E-state index in [0.29, 0.717) is 39.2 Å². The summed E-state index contributed by atoms with van der Waals surface area (Å²) >= 11 is 0. The molecule has 3 aromatic carbocycles. The topological polar surface area (TPSA) is 119 Å². The van der Waals surface area contributed by atoms with Gasteiger partial charge in [-0.05, 0) is 48.0 Å². The van der Waals surface area contributed by atoms with Gasteiger partial charge in [0.25, 0.3) is 0 Å². The van der Waals surface area contributed by atoms with Crippen molar-refractivity contribution in [3.8, 4) is 23.2 Å². The van der Waals surface area contributed by atoms with Gasteiger partial charge in [-0.15, -0.1) is 0 Å². The first-order valence-corrected chi connectivity index (χ1v) is 13.7. The molecule has 0 atom stereocenters. The molecule has 222 valence electrons. The number of ether oxygens (including phenoxy) is 3. The lowest BCUT2D eigenvalue weighted by atomic mass is 10.0. The number of aliphatic hydroxyl groups is 1. The van der Waals surface area contributed by atoms with Crippen LogP contribution in [0.25, 0.3) is 22.3 Å². The molecule has 1 saturated heterocycles. The second-order valence-electron chi connectivity index (χ2n) is 10.6. The van der Waals surface area contributed by atoms with Crippen LogP contribution in [-0.2, 0) is 29.0 Å². The van der Waals surface area contributed by atoms with Gasteiger partial charge < -0.3 is 23.9 Å². The maximum atomic E-state index is 15.5. The molecule has 9 nitrogen and oxygen atoms in total. The van der Waals surface area contributed by atoms with Crippen molar-refractivity contribution in [2.45, 2.75) is 25.2 Å². The SMILES string of the molecule is COC(=O)c1ccc2nc(Cc3ccc(-c4cccc(OCc5ccc(C#N)cc5F)n4)cc3F)n(CC3(O)COC3)c2c1. The Bertz CT molecular complexity index is 1930. The van der Waals surface area contributed by atoms with Crippen LogP contribution in [0.4, 0.5) is 8.78 Å². The van der Waals surface area contributed by atoms with E-state index < -0.39 is 23.2 Å². The molecule has 1 fully saturated rings. The molecule has 1 aliphatic heterocycles. The Labute approximate surface area is 250 Å². The molecule has 3 heterocycles. The molecule has 0 unspecified atom stereocenters. The number of hydrogen-bond donors (Lipinski definition) is 1. The van der Waals surface area contributed by atoms with E-state index in [-0.39, 0.29) is 49.8 Å². The molecule has 0 radical (unpaired) electrons. The average Bonchev–Trinajstić information content (AvgIpc) is 3.35. The van der Waals surface area contributed by atoms with Crippen LogP contribution in [0.1, 0.15) is 32.9 Å². The lowest BCUT2D eigenvalue weighted by molar-refractivity contribution is -0.184. The number of methoxy groups -OCH3 is 1. The largest absolute Gasteiger partial charge is 0.473 e. The van der Waals surface area contributed by atoms with Gasteiger partial charge in [0.15, 0.2) is 0 Å². The third kappa shape index (κ3) is 5.86. The molecule has 6 rings (SSSR count). The molecule has 1 aliphatic rings. The Balaban J connectivity index is 1.24. The Morgan fingerprint density at radius 3 is 2.55 bits per heavy atom. The van der Waals surface area contributed by atoms with E-state index in [1.807, 2.05) is 6.07 Å². The minimum atomic E-state index is -1.10. The van der Waals surface area contributed by atoms with E-state index in [0.717, 1.165) is 6.07 Å². The van der Waals surface area contributed by atoms with Gasteiger partial charge in [-0.1, -0.05) is 24.3 Å². The first-order chi connectivity index (χ1) is 21.2. The fraction of sp³-hybridized carbons (Fsp3) is 0.212. The highest BCUT2D eigenvalue weighted by Gasteiger charge is 2.37. The molecule has 0 spiro atoms. The van der Waals surface area contributed by atoms with Crippen LogP contribution in [0.5, 0.6) is 5.88 Å². The van der Waals surface area contributed by atoms with Crippen LogP contribution in [0.15, 0.2) is 72.8 Å². The highest BCUT2D eigenvalue weighted by atomic mass is 19.1. The number of rotatable bonds is 9. The zero-order valence-corrected chi connectivity index (χ0v) is 23.6. The number of carbonyl (C=O) groups excluding carboxylic acids is 1. The van der Waals surface area contributed by atoms with Gasteiger partial charge in [0.1, 0.15) is 29.7 Å². The van der Waals surface area contributed by atoms with E-state index in [1.54, 1.807) is 53.1 Å². The predicted octanol–water partition coefficient (Wildman–Crippen LogP) is 4.97. The maximum absolute atomic E-state index is 15.5. The first kappa shape index (κ1) is 28.9. The highest BCUT2D eigenvalue weighted by molar-refractivity contribution is 5.93. The Kier molecular flexibility index (Phi) is 7.78. The molecule has 11 heteroatoms. The summed E-state index contributed by atoms with van der Waals surface area (Å²) in [4.78, 5) is 21.3. The van der Waals surface area contributed by atoms with Crippen molar-refractivity contribution in [1.82, 2.24) is 14.5 Å². The molecule has 0 bridgehead atoms. The summed E-state index contributed by atoms with van der Waals surface area (Å²) in [6.45, 7) is 0.380. The summed E-state index contributed by atoms with van der Waals surface area (Å²) < 4.78 is 47.3. The van der Waals surface area contributed by atoms with E-state index in [2.05, 4.69) is 4.98 Å². The quantitative estimate of drug-likeness (QED) is 0.237. The number of carbonyl (C=O) groups is 1. The van der Waals surface area contributed by atoms with Gasteiger partial charge in [-0.3, -0.25) is 0 Å². The van der Waals surface area contributed by atoms with Gasteiger partial charge >= 0.3 is 5.97 Å². The van der Waals surface area contributed by atoms with Crippen molar-refractivity contribution in [1.29, 1.82) is 5.26 Å². The monoisotopic (exact) mass is 596 g/mol. The van der Waals surface area contributed by atoms with Crippen LogP contribution in [0.3, 0.4) is 0 Å². The lowest BCUT2D eigenvalue weighted by Gasteiger charge is -2.37. The van der Waals surface area contributed by atoms with E-state index in [4.69, 9.17) is 24.5 Å². The molecule has 0 aliphatic carbocycles. The summed E-state index contributed by atoms with van der Waals surface area (Å²) in [6.07, 6.45) is 0.123. The highest BCUT2D eigenvalue weighted by Crippen LogP contribution is 2.28. The molecular weight excluding hydrogens is 570 g/mol. The van der Waals surface area contributed by atoms with E-state index in [9.17, 15) is 14.3 Å². The number of pyridine rings is 1. The number of aromatic nitrogens is 3. The normalized spacial score (nSPS) is 13.7. The summed E-state index contributed by atoms with van der Waals surface area (Å²) in [5, 5.41) is 19.8. The van der Waals surface area contributed by atoms with Crippen LogP contribution in [-0.4, -0.2) is 51.5 Å². The molecule has 44 heavy (non-hydrogen) atoms. The number of benzene rings is 3. The van der Waals surface area contributed by atoms with E-state index >= 15 is 4.39 Å². The van der Waals surface area contributed by atoms with Crippen molar-refractivity contribution >= 4 is 17.0 Å². The molecule has 5 aromatic rings. The van der Waals surface area contributed by atoms with Gasteiger partial charge in [-0.2, -0.15) is 5.26 Å². The number of nitrogens with zero attached hydrogens (tertiary/aromatic N) is 4. The third-order valence-corrected chi connectivity index (χ3v) is 7.42. The standard InChI is InChI=1S/C33H26F2N4O5/c1-42-32(40)23-9-10-28-29(13-23)39(17-33(41)18-43-19-33)30(37-28)14-21-7-8-22(12-26(21)35)27-3-2-4-31(38-27)44-16-24-6-5-20(15-36)11-25(24)34/h2-13,41H,14,16-19H2,1H3. The summed E-state index contributed by atoms with van der Waals surface area (Å²) in [5.41, 5.74) is 2.28. The first-order valence-electron chi connectivity index (χ1n) is 13.7. The van der Waals surface area contributed by atoms with Crippen LogP contribution in [0.2, 0.25) is 0 Å². The van der Waals surface area contributed by atoms with Gasteiger partial charge in [0.05, 0.1) is 60.8 Å². The minimum absolute atomic E-state index is 0.0926. The van der Waals surface area contributed by atoms with E-state index in [1.165, 1.54) is 25.3 Å². The molecule has 1 N–H and O–H groups in total. The summed E-state index contributed by atoms with van der Waals surface area (Å²) in [7, 11) is 1.30. The van der Waals surface area contributed by atoms with Crippen LogP contribution >= 0.6 is 0 Å². The van der Waals surface area contributed by atoms with Crippen molar-refractivity contribution in [3.63, 3.8) is 0 Å². The van der Waals surface area contributed by atoms with Crippen LogP contribution < -0.4 is 4.74 Å². The minimum Gasteiger partial charge on any atom is -0.473 e. The number of nitriles is 1. The number of imidazole rings is 1. The van der Waals surface area contributed by atoms with Crippen molar-refractivity contribution in [2.75, 3.05) is 20.3 Å². The fourth-order valence-electron chi connectivity index (χ4n) is 5.01. The Morgan fingerprint density at radius 2 is 1.84 bits per heavy atom. The average molecular weight is 597 g/mol. The molecule has 0 amide bonds. The third-order valence-electron chi connectivity index (χ3n) is 7.42. The lowest BCUT2D eigenvalue weighted by Crippen LogP contribution is -2.52. The molecule has 2 aromatic heterocycles. The van der Waals surface area contributed by atoms with Gasteiger partial charge in [0.2, 0.25) is 5.88 Å². The van der Waals surface area contributed by atoms with Crippen molar-refractivity contribution < 1.29 is 32.9 Å². The van der Waals surface area contributed by atoms with Gasteiger partial charge in [0, 0.05) is 23.6 Å². The molecular formula is C33H26F2N4O5. The molecule has 0 saturated carbocycles. The Morgan fingerprint density at radius 1 is 1.05 bits per heavy atom. The fourth-order valence-corrected chi connectivity index (χ4v) is 5.01. The summed E-state index contributed by atoms with van der Waals surface area (Å²) in [6, 6.07) is 20.8.